The fraction of sp³-hybridized carbons (Fsp3) is 0.444. The van der Waals surface area contributed by atoms with Crippen LogP contribution in [0.25, 0.3) is 0 Å². The van der Waals surface area contributed by atoms with Gasteiger partial charge in [-0.2, -0.15) is 5.10 Å². The number of nitrogens with zero attached hydrogens (tertiary/aromatic N) is 3. The highest BCUT2D eigenvalue weighted by atomic mass is 16.3. The zero-order chi connectivity index (χ0) is 16.8. The molecule has 3 rings (SSSR count). The predicted molar refractivity (Wildman–Crippen MR) is 92.5 cm³/mol. The monoisotopic (exact) mass is 328 g/mol. The third-order valence-corrected chi connectivity index (χ3v) is 4.34. The molecule has 1 aliphatic rings. The molecule has 2 aromatic rings. The minimum Gasteiger partial charge on any atom is -0.390 e. The molecule has 1 aliphatic heterocycles. The number of amides is 1. The zero-order valence-electron chi connectivity index (χ0n) is 13.7. The lowest BCUT2D eigenvalue weighted by atomic mass is 9.96. The number of benzene rings is 1. The Labute approximate surface area is 142 Å². The van der Waals surface area contributed by atoms with Crippen molar-refractivity contribution in [3.05, 3.63) is 48.8 Å². The van der Waals surface area contributed by atoms with Crippen LogP contribution < -0.4 is 5.32 Å². The predicted octanol–water partition coefficient (Wildman–Crippen LogP) is 1.59. The Bertz CT molecular complexity index is 630. The van der Waals surface area contributed by atoms with Crippen molar-refractivity contribution in [1.82, 2.24) is 14.7 Å². The Morgan fingerprint density at radius 3 is 2.88 bits per heavy atom. The highest BCUT2D eigenvalue weighted by molar-refractivity contribution is 5.92. The molecule has 24 heavy (non-hydrogen) atoms. The Hall–Kier alpha value is -2.18. The van der Waals surface area contributed by atoms with Crippen LogP contribution in [0, 0.1) is 5.92 Å². The van der Waals surface area contributed by atoms with Crippen molar-refractivity contribution in [2.75, 3.05) is 25.0 Å². The molecule has 0 spiro atoms. The summed E-state index contributed by atoms with van der Waals surface area (Å²) < 4.78 is 1.73. The van der Waals surface area contributed by atoms with Crippen molar-refractivity contribution in [3.8, 4) is 0 Å². The van der Waals surface area contributed by atoms with Gasteiger partial charge in [0.1, 0.15) is 0 Å². The van der Waals surface area contributed by atoms with E-state index in [1.165, 1.54) is 0 Å². The number of piperidine rings is 1. The fourth-order valence-corrected chi connectivity index (χ4v) is 3.18. The van der Waals surface area contributed by atoms with Gasteiger partial charge in [0.25, 0.3) is 0 Å². The first-order valence-corrected chi connectivity index (χ1v) is 8.44. The number of hydrogen-bond acceptors (Lipinski definition) is 4. The summed E-state index contributed by atoms with van der Waals surface area (Å²) in [6.07, 6.45) is 4.93. The quantitative estimate of drug-likeness (QED) is 0.845. The van der Waals surface area contributed by atoms with Crippen molar-refractivity contribution in [2.45, 2.75) is 25.5 Å². The first-order chi connectivity index (χ1) is 11.7. The molecule has 6 nitrogen and oxygen atoms in total. The molecule has 0 bridgehead atoms. The number of nitrogens with one attached hydrogen (secondary N) is 1. The number of anilines is 1. The summed E-state index contributed by atoms with van der Waals surface area (Å²) in [6, 6.07) is 11.4. The number of likely N-dealkylation sites (tertiary alicyclic amines) is 1. The molecule has 0 aliphatic carbocycles. The molecule has 0 unspecified atom stereocenters. The molecule has 1 aromatic carbocycles. The number of aliphatic hydroxyl groups is 1. The first kappa shape index (κ1) is 16.7. The highest BCUT2D eigenvalue weighted by Crippen LogP contribution is 2.19. The van der Waals surface area contributed by atoms with Gasteiger partial charge in [-0.3, -0.25) is 14.4 Å². The van der Waals surface area contributed by atoms with E-state index in [0.29, 0.717) is 19.6 Å². The standard InChI is InChI=1S/C18H24N4O2/c23-17(14-22-11-5-9-19-22)13-21-10-4-6-15(12-21)18(24)20-16-7-2-1-3-8-16/h1-3,5,7-9,11,15,17,23H,4,6,10,12-14H2,(H,20,24)/t15-,17-/m1/s1. The SMILES string of the molecule is O=C(Nc1ccccc1)[C@@H]1CCCN(C[C@@H](O)Cn2cccn2)C1. The van der Waals surface area contributed by atoms with Crippen LogP contribution >= 0.6 is 0 Å². The van der Waals surface area contributed by atoms with E-state index in [2.05, 4.69) is 15.3 Å². The van der Waals surface area contributed by atoms with Gasteiger partial charge >= 0.3 is 0 Å². The molecule has 1 aromatic heterocycles. The number of β-amino-alcohol motifs (C(OH)–C–C–N with tert-alkyl or cyclic N) is 1. The van der Waals surface area contributed by atoms with Gasteiger partial charge in [-0.15, -0.1) is 0 Å². The molecule has 0 radical (unpaired) electrons. The number of carbonyl (C=O) groups excluding carboxylic acids is 1. The largest absolute Gasteiger partial charge is 0.390 e. The van der Waals surface area contributed by atoms with Gasteiger partial charge in [-0.05, 0) is 37.6 Å². The van der Waals surface area contributed by atoms with Gasteiger partial charge in [-0.1, -0.05) is 18.2 Å². The molecular weight excluding hydrogens is 304 g/mol. The van der Waals surface area contributed by atoms with Gasteiger partial charge in [0.05, 0.1) is 18.6 Å². The molecular formula is C18H24N4O2. The Morgan fingerprint density at radius 1 is 1.29 bits per heavy atom. The maximum absolute atomic E-state index is 12.4. The molecule has 1 amide bonds. The average molecular weight is 328 g/mol. The van der Waals surface area contributed by atoms with Crippen molar-refractivity contribution < 1.29 is 9.90 Å². The summed E-state index contributed by atoms with van der Waals surface area (Å²) in [5, 5.41) is 17.3. The van der Waals surface area contributed by atoms with Gasteiger partial charge in [0.2, 0.25) is 5.91 Å². The number of para-hydroxylation sites is 1. The Morgan fingerprint density at radius 2 is 2.12 bits per heavy atom. The normalized spacial score (nSPS) is 19.8. The lowest BCUT2D eigenvalue weighted by molar-refractivity contribution is -0.121. The minimum absolute atomic E-state index is 0.0316. The number of aromatic nitrogens is 2. The second kappa shape index (κ2) is 8.08. The van der Waals surface area contributed by atoms with E-state index in [0.717, 1.165) is 25.1 Å². The van der Waals surface area contributed by atoms with Crippen molar-refractivity contribution in [2.24, 2.45) is 5.92 Å². The van der Waals surface area contributed by atoms with E-state index in [4.69, 9.17) is 0 Å². The van der Waals surface area contributed by atoms with Crippen molar-refractivity contribution >= 4 is 11.6 Å². The van der Waals surface area contributed by atoms with E-state index >= 15 is 0 Å². The lowest BCUT2D eigenvalue weighted by Crippen LogP contribution is -2.44. The van der Waals surface area contributed by atoms with E-state index in [9.17, 15) is 9.90 Å². The number of carbonyl (C=O) groups is 1. The Balaban J connectivity index is 1.49. The van der Waals surface area contributed by atoms with Crippen LogP contribution in [0.2, 0.25) is 0 Å². The smallest absolute Gasteiger partial charge is 0.228 e. The molecule has 2 N–H and O–H groups in total. The molecule has 1 fully saturated rings. The lowest BCUT2D eigenvalue weighted by Gasteiger charge is -2.33. The van der Waals surface area contributed by atoms with Crippen molar-refractivity contribution in [1.29, 1.82) is 0 Å². The zero-order valence-corrected chi connectivity index (χ0v) is 13.7. The van der Waals surface area contributed by atoms with Crippen LogP contribution in [0.5, 0.6) is 0 Å². The highest BCUT2D eigenvalue weighted by Gasteiger charge is 2.27. The summed E-state index contributed by atoms with van der Waals surface area (Å²) in [4.78, 5) is 14.6. The second-order valence-corrected chi connectivity index (χ2v) is 6.34. The van der Waals surface area contributed by atoms with Gasteiger partial charge < -0.3 is 10.4 Å². The van der Waals surface area contributed by atoms with Gasteiger partial charge in [0.15, 0.2) is 0 Å². The summed E-state index contributed by atoms with van der Waals surface area (Å²) in [5.41, 5.74) is 0.832. The number of hydrogen-bond donors (Lipinski definition) is 2. The van der Waals surface area contributed by atoms with E-state index < -0.39 is 6.10 Å². The van der Waals surface area contributed by atoms with Crippen LogP contribution in [0.1, 0.15) is 12.8 Å². The second-order valence-electron chi connectivity index (χ2n) is 6.34. The number of aliphatic hydroxyl groups excluding tert-OH is 1. The molecule has 6 heteroatoms. The van der Waals surface area contributed by atoms with Crippen LogP contribution in [0.3, 0.4) is 0 Å². The number of rotatable bonds is 6. The molecule has 2 heterocycles. The third-order valence-electron chi connectivity index (χ3n) is 4.34. The third kappa shape index (κ3) is 4.66. The van der Waals surface area contributed by atoms with Crippen LogP contribution in [0.15, 0.2) is 48.8 Å². The average Bonchev–Trinajstić information content (AvgIpc) is 3.09. The minimum atomic E-state index is -0.485. The Kier molecular flexibility index (Phi) is 5.61. The summed E-state index contributed by atoms with van der Waals surface area (Å²) >= 11 is 0. The molecule has 2 atom stereocenters. The molecule has 0 saturated carbocycles. The van der Waals surface area contributed by atoms with E-state index in [1.54, 1.807) is 10.9 Å². The summed E-state index contributed by atoms with van der Waals surface area (Å²) in [6.45, 7) is 2.65. The van der Waals surface area contributed by atoms with Crippen molar-refractivity contribution in [3.63, 3.8) is 0 Å². The van der Waals surface area contributed by atoms with Crippen LogP contribution in [0.4, 0.5) is 5.69 Å². The summed E-state index contributed by atoms with van der Waals surface area (Å²) in [5.74, 6) is 0.0309. The van der Waals surface area contributed by atoms with Crippen LogP contribution in [-0.2, 0) is 11.3 Å². The van der Waals surface area contributed by atoms with Gasteiger partial charge in [-0.25, -0.2) is 0 Å². The van der Waals surface area contributed by atoms with Gasteiger partial charge in [0, 0.05) is 31.2 Å². The molecule has 128 valence electrons. The first-order valence-electron chi connectivity index (χ1n) is 8.44. The van der Waals surface area contributed by atoms with Crippen LogP contribution in [-0.4, -0.2) is 51.4 Å². The maximum Gasteiger partial charge on any atom is 0.228 e. The summed E-state index contributed by atoms with van der Waals surface area (Å²) in [7, 11) is 0. The topological polar surface area (TPSA) is 70.4 Å². The van der Waals surface area contributed by atoms with E-state index in [1.807, 2.05) is 42.6 Å². The fourth-order valence-electron chi connectivity index (χ4n) is 3.18. The maximum atomic E-state index is 12.4. The van der Waals surface area contributed by atoms with E-state index in [-0.39, 0.29) is 11.8 Å². The molecule has 1 saturated heterocycles.